The largest absolute Gasteiger partial charge is 0.394 e. The Hall–Kier alpha value is -0.440. The van der Waals surface area contributed by atoms with Crippen LogP contribution in [0.4, 0.5) is 0 Å². The van der Waals surface area contributed by atoms with Crippen LogP contribution >= 0.6 is 0 Å². The molecular weight excluding hydrogens is 320 g/mol. The minimum absolute atomic E-state index is 0.944. The van der Waals surface area contributed by atoms with Crippen LogP contribution in [-0.4, -0.2) is 125 Å². The molecule has 1 saturated heterocycles. The number of hydrogen-bond acceptors (Lipinski definition) is 11. The molecule has 1 heterocycles. The second-order valence-electron chi connectivity index (χ2n) is 5.34. The van der Waals surface area contributed by atoms with Crippen molar-refractivity contribution in [3.8, 4) is 0 Å². The van der Waals surface area contributed by atoms with Gasteiger partial charge in [0.25, 0.3) is 0 Å². The summed E-state index contributed by atoms with van der Waals surface area (Å²) in [6.07, 6.45) is -21.0. The summed E-state index contributed by atoms with van der Waals surface area (Å²) in [5.74, 6) is 0. The molecule has 0 radical (unpaired) electrons. The van der Waals surface area contributed by atoms with E-state index in [1.54, 1.807) is 0 Å². The first-order valence-electron chi connectivity index (χ1n) is 7.36. The first-order valence-corrected chi connectivity index (χ1v) is 6.86. The average Bonchev–Trinajstić information content (AvgIpc) is 2.56. The predicted molar refractivity (Wildman–Crippen MR) is 70.9 cm³/mol. The highest BCUT2D eigenvalue weighted by Crippen LogP contribution is 2.25. The molecule has 1 unspecified atom stereocenters. The van der Waals surface area contributed by atoms with Crippen LogP contribution < -0.4 is 0 Å². The van der Waals surface area contributed by atoms with E-state index in [4.69, 9.17) is 16.3 Å². The van der Waals surface area contributed by atoms with Gasteiger partial charge in [-0.15, -0.1) is 0 Å². The van der Waals surface area contributed by atoms with E-state index < -0.39 is 74.2 Å². The summed E-state index contributed by atoms with van der Waals surface area (Å²) in [4.78, 5) is 0. The van der Waals surface area contributed by atoms with Gasteiger partial charge in [0, 0.05) is 0 Å². The minimum Gasteiger partial charge on any atom is -0.394 e. The van der Waals surface area contributed by atoms with E-state index in [9.17, 15) is 40.9 Å². The van der Waals surface area contributed by atoms with E-state index in [0.717, 1.165) is 0 Å². The molecule has 138 valence electrons. The molecule has 10 N–H and O–H groups in total. The van der Waals surface area contributed by atoms with Crippen molar-refractivity contribution < 1.29 is 57.2 Å². The SMILES string of the molecule is [2H][C@]1(O)[C@H](O)[C@@H](O)[C@@H](C(O)[C@H](O)[C@@H](O)[C@H](O)[C@H](O)CO)O[C@@H]1CO. The van der Waals surface area contributed by atoms with Crippen molar-refractivity contribution >= 4 is 0 Å². The zero-order chi connectivity index (χ0) is 18.8. The Balaban J connectivity index is 2.91. The molecule has 0 aromatic heterocycles. The first-order chi connectivity index (χ1) is 11.0. The highest BCUT2D eigenvalue weighted by Gasteiger charge is 2.49. The lowest BCUT2D eigenvalue weighted by Crippen LogP contribution is -2.64. The highest BCUT2D eigenvalue weighted by molar-refractivity contribution is 4.98. The molecule has 1 aliphatic rings. The van der Waals surface area contributed by atoms with Crippen molar-refractivity contribution in [2.45, 2.75) is 61.0 Å². The Kier molecular flexibility index (Phi) is 7.06. The third-order valence-corrected chi connectivity index (χ3v) is 3.75. The lowest BCUT2D eigenvalue weighted by Gasteiger charge is -2.43. The number of hydrogen-bond donors (Lipinski definition) is 10. The molecule has 10 atom stereocenters. The molecule has 0 aromatic carbocycles. The van der Waals surface area contributed by atoms with Crippen LogP contribution in [0.3, 0.4) is 0 Å². The second-order valence-corrected chi connectivity index (χ2v) is 5.34. The van der Waals surface area contributed by atoms with Gasteiger partial charge in [-0.3, -0.25) is 0 Å². The summed E-state index contributed by atoms with van der Waals surface area (Å²) < 4.78 is 12.4. The molecule has 0 spiro atoms. The van der Waals surface area contributed by atoms with Crippen molar-refractivity contribution in [1.29, 1.82) is 0 Å². The fourth-order valence-corrected chi connectivity index (χ4v) is 2.24. The van der Waals surface area contributed by atoms with Gasteiger partial charge in [0.05, 0.1) is 14.6 Å². The summed E-state index contributed by atoms with van der Waals surface area (Å²) in [6, 6.07) is 0. The minimum atomic E-state index is -2.79. The smallest absolute Gasteiger partial charge is 0.115 e. The van der Waals surface area contributed by atoms with Crippen LogP contribution in [0.25, 0.3) is 0 Å². The van der Waals surface area contributed by atoms with Gasteiger partial charge in [-0.2, -0.15) is 0 Å². The first kappa shape index (κ1) is 18.9. The quantitative estimate of drug-likeness (QED) is 0.209. The van der Waals surface area contributed by atoms with Crippen molar-refractivity contribution in [2.24, 2.45) is 0 Å². The summed E-state index contributed by atoms with van der Waals surface area (Å²) in [7, 11) is 0. The molecule has 11 nitrogen and oxygen atoms in total. The molecule has 23 heavy (non-hydrogen) atoms. The summed E-state index contributed by atoms with van der Waals surface area (Å²) in [6.45, 7) is -1.90. The lowest BCUT2D eigenvalue weighted by atomic mass is 9.88. The van der Waals surface area contributed by atoms with Crippen LogP contribution in [0.15, 0.2) is 0 Å². The Bertz CT molecular complexity index is 393. The van der Waals surface area contributed by atoms with E-state index in [1.165, 1.54) is 0 Å². The Labute approximate surface area is 132 Å². The normalized spacial score (nSPS) is 42.4. The lowest BCUT2D eigenvalue weighted by molar-refractivity contribution is -0.264. The standard InChI is InChI=1S/C12H24O11/c13-1-3(15)5(16)7(18)9(20)11(22)12-10(21)8(19)6(17)4(2-14)23-12/h3-22H,1-2H2/t3-,4-,5-,6-,7+,8+,9-,10-,11?,12+/m1/s1/i6D. The molecule has 1 fully saturated rings. The molecular formula is C12H24O11. The van der Waals surface area contributed by atoms with Crippen molar-refractivity contribution in [3.05, 3.63) is 0 Å². The third-order valence-electron chi connectivity index (χ3n) is 3.75. The molecule has 0 aliphatic carbocycles. The topological polar surface area (TPSA) is 212 Å². The van der Waals surface area contributed by atoms with Crippen LogP contribution in [0.2, 0.25) is 0 Å². The molecule has 0 amide bonds. The molecule has 11 heteroatoms. The van der Waals surface area contributed by atoms with Gasteiger partial charge in [0.1, 0.15) is 61.0 Å². The zero-order valence-corrected chi connectivity index (χ0v) is 12.0. The number of aliphatic hydroxyl groups is 10. The fraction of sp³-hybridized carbons (Fsp3) is 1.00. The molecule has 1 rings (SSSR count). The van der Waals surface area contributed by atoms with Gasteiger partial charge < -0.3 is 55.8 Å². The number of rotatable bonds is 7. The van der Waals surface area contributed by atoms with E-state index in [2.05, 4.69) is 0 Å². The summed E-state index contributed by atoms with van der Waals surface area (Å²) >= 11 is 0. The Morgan fingerprint density at radius 1 is 0.870 bits per heavy atom. The van der Waals surface area contributed by atoms with Gasteiger partial charge in [-0.1, -0.05) is 0 Å². The number of ether oxygens (including phenoxy) is 1. The molecule has 0 bridgehead atoms. The predicted octanol–water partition coefficient (Wildman–Crippen LogP) is -6.37. The van der Waals surface area contributed by atoms with Gasteiger partial charge in [0.15, 0.2) is 0 Å². The number of aliphatic hydroxyl groups excluding tert-OH is 9. The van der Waals surface area contributed by atoms with Gasteiger partial charge in [-0.05, 0) is 0 Å². The Morgan fingerprint density at radius 3 is 1.91 bits per heavy atom. The average molecular weight is 345 g/mol. The van der Waals surface area contributed by atoms with Crippen molar-refractivity contribution in [3.63, 3.8) is 0 Å². The highest BCUT2D eigenvalue weighted by atomic mass is 16.6. The third kappa shape index (κ3) is 4.35. The van der Waals surface area contributed by atoms with E-state index >= 15 is 0 Å². The maximum absolute atomic E-state index is 10.0. The van der Waals surface area contributed by atoms with E-state index in [0.29, 0.717) is 0 Å². The fourth-order valence-electron chi connectivity index (χ4n) is 2.24. The molecule has 1 aliphatic heterocycles. The van der Waals surface area contributed by atoms with Gasteiger partial charge >= 0.3 is 0 Å². The van der Waals surface area contributed by atoms with E-state index in [1.807, 2.05) is 0 Å². The van der Waals surface area contributed by atoms with Crippen LogP contribution in [-0.2, 0) is 4.74 Å². The maximum atomic E-state index is 10.0. The summed E-state index contributed by atoms with van der Waals surface area (Å²) in [5.41, 5.74) is 0. The van der Waals surface area contributed by atoms with Gasteiger partial charge in [0.2, 0.25) is 0 Å². The Morgan fingerprint density at radius 2 is 1.43 bits per heavy atom. The van der Waals surface area contributed by atoms with Crippen molar-refractivity contribution in [1.82, 2.24) is 0 Å². The van der Waals surface area contributed by atoms with Crippen LogP contribution in [0.1, 0.15) is 1.37 Å². The maximum Gasteiger partial charge on any atom is 0.115 e. The van der Waals surface area contributed by atoms with Crippen LogP contribution in [0, 0.1) is 0 Å². The zero-order valence-electron chi connectivity index (χ0n) is 13.0. The van der Waals surface area contributed by atoms with Crippen LogP contribution in [0.5, 0.6) is 0 Å². The monoisotopic (exact) mass is 345 g/mol. The summed E-state index contributed by atoms with van der Waals surface area (Å²) in [5, 5.41) is 95.3. The van der Waals surface area contributed by atoms with Gasteiger partial charge in [-0.25, -0.2) is 0 Å². The van der Waals surface area contributed by atoms with Crippen molar-refractivity contribution in [2.75, 3.05) is 13.2 Å². The van der Waals surface area contributed by atoms with E-state index in [-0.39, 0.29) is 0 Å². The molecule has 0 aromatic rings. The molecule has 0 saturated carbocycles. The second kappa shape index (κ2) is 8.60.